The van der Waals surface area contributed by atoms with Gasteiger partial charge in [-0.05, 0) is 32.1 Å². The third kappa shape index (κ3) is 1.55. The van der Waals surface area contributed by atoms with Crippen LogP contribution in [-0.4, -0.2) is 33.7 Å². The highest BCUT2D eigenvalue weighted by molar-refractivity contribution is 6.41. The van der Waals surface area contributed by atoms with Crippen molar-refractivity contribution in [1.29, 1.82) is 0 Å². The molecule has 0 aliphatic heterocycles. The van der Waals surface area contributed by atoms with Gasteiger partial charge in [0.25, 0.3) is 0 Å². The van der Waals surface area contributed by atoms with E-state index < -0.39 is 34.3 Å². The van der Waals surface area contributed by atoms with Crippen molar-refractivity contribution < 1.29 is 29.4 Å². The molecule has 2 saturated carbocycles. The van der Waals surface area contributed by atoms with Gasteiger partial charge in [-0.25, -0.2) is 0 Å². The highest BCUT2D eigenvalue weighted by atomic mass is 16.4. The Kier molecular flexibility index (Phi) is 2.76. The van der Waals surface area contributed by atoms with Gasteiger partial charge in [-0.2, -0.15) is 0 Å². The molecule has 0 aromatic carbocycles. The van der Waals surface area contributed by atoms with Gasteiger partial charge in [-0.15, -0.1) is 0 Å². The molecule has 1 spiro atoms. The number of aliphatic carboxylic acids is 2. The van der Waals surface area contributed by atoms with Crippen molar-refractivity contribution in [3.05, 3.63) is 0 Å². The molecule has 0 aromatic rings. The number of carboxylic acids is 2. The van der Waals surface area contributed by atoms with E-state index in [4.69, 9.17) is 10.2 Å². The van der Waals surface area contributed by atoms with Gasteiger partial charge in [0.2, 0.25) is 5.78 Å². The molecule has 0 atom stereocenters. The van der Waals surface area contributed by atoms with Crippen LogP contribution in [0.1, 0.15) is 38.5 Å². The maximum Gasteiger partial charge on any atom is 0.321 e. The van der Waals surface area contributed by atoms with E-state index in [1.807, 2.05) is 0 Å². The minimum Gasteiger partial charge on any atom is -0.480 e. The molecular weight excluding hydrogens is 240 g/mol. The molecule has 6 nitrogen and oxygen atoms in total. The molecule has 0 amide bonds. The first-order valence-electron chi connectivity index (χ1n) is 5.89. The second kappa shape index (κ2) is 3.90. The van der Waals surface area contributed by atoms with Crippen LogP contribution in [0.15, 0.2) is 0 Å². The standard InChI is InChI=1S/C12H14O6/c13-7-1-2-11(8(7)14)3-5-12(6-4-11,9(15)16)10(17)18/h1-6H2,(H,15,16)(H,17,18). The molecule has 0 unspecified atom stereocenters. The summed E-state index contributed by atoms with van der Waals surface area (Å²) in [4.78, 5) is 45.4. The van der Waals surface area contributed by atoms with Gasteiger partial charge in [0.1, 0.15) is 0 Å². The largest absolute Gasteiger partial charge is 0.480 e. The van der Waals surface area contributed by atoms with E-state index in [-0.39, 0.29) is 32.1 Å². The average molecular weight is 254 g/mol. The summed E-state index contributed by atoms with van der Waals surface area (Å²) in [6.07, 6.45) is 0.811. The number of carbonyl (C=O) groups is 4. The fraction of sp³-hybridized carbons (Fsp3) is 0.667. The number of carboxylic acid groups (broad SMARTS) is 2. The van der Waals surface area contributed by atoms with Gasteiger partial charge in [-0.3, -0.25) is 19.2 Å². The number of rotatable bonds is 2. The number of hydrogen-bond acceptors (Lipinski definition) is 4. The maximum atomic E-state index is 11.8. The lowest BCUT2D eigenvalue weighted by atomic mass is 9.62. The van der Waals surface area contributed by atoms with Crippen molar-refractivity contribution in [1.82, 2.24) is 0 Å². The van der Waals surface area contributed by atoms with Gasteiger partial charge in [0.05, 0.1) is 0 Å². The van der Waals surface area contributed by atoms with Crippen LogP contribution in [0.2, 0.25) is 0 Å². The lowest BCUT2D eigenvalue weighted by Crippen LogP contribution is -2.46. The molecule has 0 saturated heterocycles. The highest BCUT2D eigenvalue weighted by Crippen LogP contribution is 2.51. The Morgan fingerprint density at radius 1 is 0.889 bits per heavy atom. The lowest BCUT2D eigenvalue weighted by molar-refractivity contribution is -0.170. The predicted octanol–water partition coefficient (Wildman–Crippen LogP) is 0.634. The van der Waals surface area contributed by atoms with E-state index in [1.54, 1.807) is 0 Å². The summed E-state index contributed by atoms with van der Waals surface area (Å²) < 4.78 is 0. The number of Topliss-reactive ketones (excluding diaryl/α,β-unsaturated/α-hetero) is 2. The fourth-order valence-electron chi connectivity index (χ4n) is 3.03. The Hall–Kier alpha value is -1.72. The molecule has 98 valence electrons. The molecule has 2 aliphatic carbocycles. The number of ketones is 2. The van der Waals surface area contributed by atoms with Crippen molar-refractivity contribution >= 4 is 23.5 Å². The van der Waals surface area contributed by atoms with Crippen molar-refractivity contribution in [3.63, 3.8) is 0 Å². The van der Waals surface area contributed by atoms with Crippen molar-refractivity contribution in [2.75, 3.05) is 0 Å². The summed E-state index contributed by atoms with van der Waals surface area (Å²) in [5, 5.41) is 18.2. The second-order valence-corrected chi connectivity index (χ2v) is 5.23. The monoisotopic (exact) mass is 254 g/mol. The molecular formula is C12H14O6. The van der Waals surface area contributed by atoms with Crippen LogP contribution in [0, 0.1) is 10.8 Å². The zero-order chi connectivity index (χ0) is 13.6. The Labute approximate surface area is 103 Å². The summed E-state index contributed by atoms with van der Waals surface area (Å²) in [6.45, 7) is 0. The molecule has 0 bridgehead atoms. The summed E-state index contributed by atoms with van der Waals surface area (Å²) in [5.41, 5.74) is -2.58. The predicted molar refractivity (Wildman–Crippen MR) is 57.9 cm³/mol. The molecule has 2 fully saturated rings. The van der Waals surface area contributed by atoms with E-state index >= 15 is 0 Å². The Bertz CT molecular complexity index is 425. The van der Waals surface area contributed by atoms with Gasteiger partial charge >= 0.3 is 11.9 Å². The van der Waals surface area contributed by atoms with Crippen LogP contribution in [0.5, 0.6) is 0 Å². The summed E-state index contributed by atoms with van der Waals surface area (Å²) >= 11 is 0. The van der Waals surface area contributed by atoms with E-state index in [0.717, 1.165) is 0 Å². The molecule has 2 aliphatic rings. The van der Waals surface area contributed by atoms with Crippen LogP contribution in [0.4, 0.5) is 0 Å². The lowest BCUT2D eigenvalue weighted by Gasteiger charge is -2.38. The molecule has 0 radical (unpaired) electrons. The van der Waals surface area contributed by atoms with E-state index in [0.29, 0.717) is 6.42 Å². The fourth-order valence-corrected chi connectivity index (χ4v) is 3.03. The molecule has 2 N–H and O–H groups in total. The van der Waals surface area contributed by atoms with E-state index in [2.05, 4.69) is 0 Å². The highest BCUT2D eigenvalue weighted by Gasteiger charge is 2.57. The van der Waals surface area contributed by atoms with Crippen molar-refractivity contribution in [2.24, 2.45) is 10.8 Å². The average Bonchev–Trinajstić information content (AvgIpc) is 2.59. The van der Waals surface area contributed by atoms with Gasteiger partial charge in [-0.1, -0.05) is 0 Å². The third-order valence-corrected chi connectivity index (χ3v) is 4.44. The second-order valence-electron chi connectivity index (χ2n) is 5.23. The van der Waals surface area contributed by atoms with E-state index in [9.17, 15) is 19.2 Å². The summed E-state index contributed by atoms with van der Waals surface area (Å²) in [7, 11) is 0. The minimum absolute atomic E-state index is 0.0866. The zero-order valence-corrected chi connectivity index (χ0v) is 9.77. The summed E-state index contributed by atoms with van der Waals surface area (Å²) in [5.74, 6) is -3.57. The normalized spacial score (nSPS) is 25.3. The van der Waals surface area contributed by atoms with Crippen LogP contribution < -0.4 is 0 Å². The number of carbonyl (C=O) groups excluding carboxylic acids is 2. The Morgan fingerprint density at radius 2 is 1.39 bits per heavy atom. The zero-order valence-electron chi connectivity index (χ0n) is 9.77. The topological polar surface area (TPSA) is 109 Å². The van der Waals surface area contributed by atoms with Gasteiger partial charge in [0, 0.05) is 11.8 Å². The van der Waals surface area contributed by atoms with E-state index in [1.165, 1.54) is 0 Å². The molecule has 0 aromatic heterocycles. The van der Waals surface area contributed by atoms with Crippen LogP contribution in [0.25, 0.3) is 0 Å². The first-order valence-corrected chi connectivity index (χ1v) is 5.89. The first kappa shape index (κ1) is 12.7. The summed E-state index contributed by atoms with van der Waals surface area (Å²) in [6, 6.07) is 0. The van der Waals surface area contributed by atoms with Gasteiger partial charge < -0.3 is 10.2 Å². The molecule has 18 heavy (non-hydrogen) atoms. The quantitative estimate of drug-likeness (QED) is 0.552. The van der Waals surface area contributed by atoms with Gasteiger partial charge in [0.15, 0.2) is 11.2 Å². The van der Waals surface area contributed by atoms with Crippen LogP contribution >= 0.6 is 0 Å². The maximum absolute atomic E-state index is 11.8. The van der Waals surface area contributed by atoms with Crippen LogP contribution in [-0.2, 0) is 19.2 Å². The smallest absolute Gasteiger partial charge is 0.321 e. The van der Waals surface area contributed by atoms with Crippen molar-refractivity contribution in [3.8, 4) is 0 Å². The Balaban J connectivity index is 2.22. The minimum atomic E-state index is -1.79. The molecule has 2 rings (SSSR count). The van der Waals surface area contributed by atoms with Crippen molar-refractivity contribution in [2.45, 2.75) is 38.5 Å². The SMILES string of the molecule is O=C1CCC2(CCC(C(=O)O)(C(=O)O)CC2)C1=O. The first-order chi connectivity index (χ1) is 8.34. The van der Waals surface area contributed by atoms with Crippen LogP contribution in [0.3, 0.4) is 0 Å². The number of hydrogen-bond donors (Lipinski definition) is 2. The molecule has 0 heterocycles. The Morgan fingerprint density at radius 3 is 1.72 bits per heavy atom. The third-order valence-electron chi connectivity index (χ3n) is 4.44. The molecule has 6 heteroatoms.